The molecule has 0 fully saturated rings. The Morgan fingerprint density at radius 1 is 1.35 bits per heavy atom. The van der Waals surface area contributed by atoms with Gasteiger partial charge in [-0.25, -0.2) is 4.79 Å². The summed E-state index contributed by atoms with van der Waals surface area (Å²) < 4.78 is 5.19. The molecule has 1 aromatic rings. The van der Waals surface area contributed by atoms with E-state index in [4.69, 9.17) is 4.74 Å². The fraction of sp³-hybridized carbons (Fsp3) is 0.562. The van der Waals surface area contributed by atoms with Gasteiger partial charge in [-0.3, -0.25) is 9.78 Å². The van der Waals surface area contributed by atoms with Crippen LogP contribution in [0.5, 0.6) is 0 Å². The first kappa shape index (κ1) is 14.7. The van der Waals surface area contributed by atoms with Crippen molar-refractivity contribution in [3.8, 4) is 0 Å². The first-order chi connectivity index (χ1) is 9.19. The van der Waals surface area contributed by atoms with Gasteiger partial charge in [0.25, 0.3) is 0 Å². The molecular weight excluding hydrogens is 254 g/mol. The lowest BCUT2D eigenvalue weighted by Crippen LogP contribution is -2.29. The molecule has 2 rings (SSSR count). The summed E-state index contributed by atoms with van der Waals surface area (Å²) in [6.07, 6.45) is 1.06. The lowest BCUT2D eigenvalue weighted by atomic mass is 9.75. The largest absolute Gasteiger partial charge is 0.459 e. The number of ketones is 1. The van der Waals surface area contributed by atoms with Gasteiger partial charge in [-0.1, -0.05) is 13.8 Å². The molecule has 0 aliphatic heterocycles. The van der Waals surface area contributed by atoms with Crippen LogP contribution < -0.4 is 0 Å². The molecule has 108 valence electrons. The number of esters is 1. The number of aromatic nitrogens is 1. The van der Waals surface area contributed by atoms with Crippen LogP contribution in [-0.4, -0.2) is 22.8 Å². The van der Waals surface area contributed by atoms with Crippen LogP contribution in [0.1, 0.15) is 66.2 Å². The van der Waals surface area contributed by atoms with Crippen LogP contribution in [0, 0.1) is 12.3 Å². The number of carbonyl (C=O) groups excluding carboxylic acids is 2. The van der Waals surface area contributed by atoms with Crippen molar-refractivity contribution in [1.29, 1.82) is 0 Å². The molecule has 0 aromatic carbocycles. The maximum absolute atomic E-state index is 12.2. The van der Waals surface area contributed by atoms with Gasteiger partial charge in [-0.15, -0.1) is 0 Å². The quantitative estimate of drug-likeness (QED) is 0.778. The molecule has 4 nitrogen and oxygen atoms in total. The molecule has 20 heavy (non-hydrogen) atoms. The highest BCUT2D eigenvalue weighted by Crippen LogP contribution is 2.34. The number of pyridine rings is 1. The Labute approximate surface area is 119 Å². The summed E-state index contributed by atoms with van der Waals surface area (Å²) in [5, 5.41) is 0. The summed E-state index contributed by atoms with van der Waals surface area (Å²) in [6.45, 7) is 9.50. The van der Waals surface area contributed by atoms with E-state index in [-0.39, 0.29) is 17.3 Å². The van der Waals surface area contributed by atoms with E-state index in [1.165, 1.54) is 0 Å². The summed E-state index contributed by atoms with van der Waals surface area (Å²) in [7, 11) is 0. The zero-order valence-electron chi connectivity index (χ0n) is 12.7. The van der Waals surface area contributed by atoms with Gasteiger partial charge in [-0.2, -0.15) is 0 Å². The van der Waals surface area contributed by atoms with Crippen LogP contribution in [0.4, 0.5) is 0 Å². The van der Waals surface area contributed by atoms with Gasteiger partial charge in [0, 0.05) is 12.0 Å². The maximum atomic E-state index is 12.2. The minimum atomic E-state index is -0.412. The van der Waals surface area contributed by atoms with Gasteiger partial charge in [-0.05, 0) is 38.7 Å². The first-order valence-electron chi connectivity index (χ1n) is 6.94. The van der Waals surface area contributed by atoms with Crippen LogP contribution in [0.15, 0.2) is 6.07 Å². The Balaban J connectivity index is 2.43. The van der Waals surface area contributed by atoms with E-state index < -0.39 is 5.97 Å². The van der Waals surface area contributed by atoms with E-state index >= 15 is 0 Å². The topological polar surface area (TPSA) is 56.3 Å². The molecule has 1 aliphatic rings. The number of hydrogen-bond donors (Lipinski definition) is 0. The SMILES string of the molecule is Cc1nc2c(cc1C(=O)OC(C)C)C(=O)CC(C)(C)C2. The molecule has 0 saturated carbocycles. The lowest BCUT2D eigenvalue weighted by Gasteiger charge is -2.29. The molecule has 1 heterocycles. The normalized spacial score (nSPS) is 17.0. The number of ether oxygens (including phenoxy) is 1. The van der Waals surface area contributed by atoms with Gasteiger partial charge in [0.1, 0.15) is 0 Å². The van der Waals surface area contributed by atoms with Crippen LogP contribution in [0.3, 0.4) is 0 Å². The molecular formula is C16H21NO3. The average molecular weight is 275 g/mol. The fourth-order valence-corrected chi connectivity index (χ4v) is 2.56. The highest BCUT2D eigenvalue weighted by atomic mass is 16.5. The van der Waals surface area contributed by atoms with Crippen molar-refractivity contribution >= 4 is 11.8 Å². The number of hydrogen-bond acceptors (Lipinski definition) is 4. The van der Waals surface area contributed by atoms with Crippen molar-refractivity contribution in [2.24, 2.45) is 5.41 Å². The lowest BCUT2D eigenvalue weighted by molar-refractivity contribution is 0.0376. The zero-order valence-corrected chi connectivity index (χ0v) is 12.7. The van der Waals surface area contributed by atoms with Crippen molar-refractivity contribution in [3.63, 3.8) is 0 Å². The van der Waals surface area contributed by atoms with Gasteiger partial charge >= 0.3 is 5.97 Å². The summed E-state index contributed by atoms with van der Waals surface area (Å²) in [5.74, 6) is -0.354. The van der Waals surface area contributed by atoms with E-state index in [1.54, 1.807) is 26.8 Å². The van der Waals surface area contributed by atoms with Gasteiger partial charge in [0.15, 0.2) is 5.78 Å². The van der Waals surface area contributed by atoms with E-state index in [0.29, 0.717) is 23.2 Å². The first-order valence-corrected chi connectivity index (χ1v) is 6.94. The smallest absolute Gasteiger partial charge is 0.340 e. The Morgan fingerprint density at radius 2 is 2.00 bits per heavy atom. The number of aryl methyl sites for hydroxylation is 1. The third-order valence-corrected chi connectivity index (χ3v) is 3.44. The molecule has 0 N–H and O–H groups in total. The summed E-state index contributed by atoms with van der Waals surface area (Å²) in [4.78, 5) is 28.7. The van der Waals surface area contributed by atoms with E-state index in [1.807, 2.05) is 0 Å². The van der Waals surface area contributed by atoms with Crippen LogP contribution >= 0.6 is 0 Å². The van der Waals surface area contributed by atoms with Crippen molar-refractivity contribution in [2.45, 2.75) is 53.6 Å². The standard InChI is InChI=1S/C16H21NO3/c1-9(2)20-15(19)11-6-12-13(17-10(11)3)7-16(4,5)8-14(12)18/h6,9H,7-8H2,1-5H3. The van der Waals surface area contributed by atoms with Crippen LogP contribution in [-0.2, 0) is 11.2 Å². The van der Waals surface area contributed by atoms with Gasteiger partial charge < -0.3 is 4.74 Å². The predicted octanol–water partition coefficient (Wildman–Crippen LogP) is 3.11. The predicted molar refractivity (Wildman–Crippen MR) is 76.0 cm³/mol. The Kier molecular flexibility index (Phi) is 3.67. The van der Waals surface area contributed by atoms with Gasteiger partial charge in [0.05, 0.1) is 23.1 Å². The van der Waals surface area contributed by atoms with Crippen molar-refractivity contribution in [3.05, 3.63) is 28.6 Å². The molecule has 0 radical (unpaired) electrons. The van der Waals surface area contributed by atoms with E-state index in [0.717, 1.165) is 12.1 Å². The highest BCUT2D eigenvalue weighted by molar-refractivity contribution is 6.01. The highest BCUT2D eigenvalue weighted by Gasteiger charge is 2.33. The Hall–Kier alpha value is -1.71. The summed E-state index contributed by atoms with van der Waals surface area (Å²) >= 11 is 0. The molecule has 0 amide bonds. The number of nitrogens with zero attached hydrogens (tertiary/aromatic N) is 1. The molecule has 1 aromatic heterocycles. The van der Waals surface area contributed by atoms with Crippen LogP contribution in [0.2, 0.25) is 0 Å². The number of rotatable bonds is 2. The average Bonchev–Trinajstić information content (AvgIpc) is 2.24. The number of Topliss-reactive ketones (excluding diaryl/α,β-unsaturated/α-hetero) is 1. The third kappa shape index (κ3) is 2.89. The molecule has 0 bridgehead atoms. The minimum absolute atomic E-state index is 0.0577. The van der Waals surface area contributed by atoms with Crippen molar-refractivity contribution in [1.82, 2.24) is 4.98 Å². The van der Waals surface area contributed by atoms with E-state index in [9.17, 15) is 9.59 Å². The van der Waals surface area contributed by atoms with E-state index in [2.05, 4.69) is 18.8 Å². The molecule has 0 saturated heterocycles. The second kappa shape index (κ2) is 5.00. The minimum Gasteiger partial charge on any atom is -0.459 e. The molecule has 0 spiro atoms. The summed E-state index contributed by atoms with van der Waals surface area (Å²) in [6, 6.07) is 1.65. The second-order valence-corrected chi connectivity index (χ2v) is 6.51. The summed E-state index contributed by atoms with van der Waals surface area (Å²) in [5.41, 5.74) is 2.32. The third-order valence-electron chi connectivity index (χ3n) is 3.44. The molecule has 0 unspecified atom stereocenters. The molecule has 4 heteroatoms. The molecule has 1 aliphatic carbocycles. The number of carbonyl (C=O) groups is 2. The number of fused-ring (bicyclic) bond motifs is 1. The fourth-order valence-electron chi connectivity index (χ4n) is 2.56. The van der Waals surface area contributed by atoms with Gasteiger partial charge in [0.2, 0.25) is 0 Å². The monoisotopic (exact) mass is 275 g/mol. The van der Waals surface area contributed by atoms with Crippen molar-refractivity contribution in [2.75, 3.05) is 0 Å². The van der Waals surface area contributed by atoms with Crippen LogP contribution in [0.25, 0.3) is 0 Å². The molecule has 0 atom stereocenters. The Bertz CT molecular complexity index is 573. The zero-order chi connectivity index (χ0) is 15.1. The van der Waals surface area contributed by atoms with Crippen molar-refractivity contribution < 1.29 is 14.3 Å². The Morgan fingerprint density at radius 3 is 2.60 bits per heavy atom. The maximum Gasteiger partial charge on any atom is 0.340 e. The second-order valence-electron chi connectivity index (χ2n) is 6.51.